The Morgan fingerprint density at radius 2 is 2.00 bits per heavy atom. The van der Waals surface area contributed by atoms with Gasteiger partial charge in [-0.25, -0.2) is 0 Å². The molecule has 3 fully saturated rings. The van der Waals surface area contributed by atoms with Crippen molar-refractivity contribution in [1.29, 1.82) is 0 Å². The van der Waals surface area contributed by atoms with Crippen LogP contribution in [0.3, 0.4) is 0 Å². The molecule has 4 atom stereocenters. The lowest BCUT2D eigenvalue weighted by molar-refractivity contribution is -0.130. The smallest absolute Gasteiger partial charge is 0.236 e. The molecule has 1 amide bonds. The summed E-state index contributed by atoms with van der Waals surface area (Å²) in [5.41, 5.74) is 0.531. The van der Waals surface area contributed by atoms with E-state index in [2.05, 4.69) is 26.1 Å². The Hall–Kier alpha value is -0.570. The lowest BCUT2D eigenvalue weighted by atomic mass is 9.45. The van der Waals surface area contributed by atoms with Gasteiger partial charge in [0.25, 0.3) is 0 Å². The number of carbonyl (C=O) groups excluding carboxylic acids is 1. The monoisotopic (exact) mass is 238 g/mol. The van der Waals surface area contributed by atoms with Gasteiger partial charge >= 0.3 is 0 Å². The summed E-state index contributed by atoms with van der Waals surface area (Å²) in [7, 11) is 3.63. The zero-order chi connectivity index (χ0) is 12.8. The fourth-order valence-electron chi connectivity index (χ4n) is 3.80. The Morgan fingerprint density at radius 3 is 2.47 bits per heavy atom. The molecule has 0 aliphatic heterocycles. The van der Waals surface area contributed by atoms with E-state index in [1.54, 1.807) is 4.90 Å². The van der Waals surface area contributed by atoms with Gasteiger partial charge in [-0.2, -0.15) is 0 Å². The van der Waals surface area contributed by atoms with Gasteiger partial charge in [0.2, 0.25) is 5.91 Å². The van der Waals surface area contributed by atoms with Crippen molar-refractivity contribution in [2.24, 2.45) is 23.2 Å². The highest BCUT2D eigenvalue weighted by Crippen LogP contribution is 2.61. The fraction of sp³-hybridized carbons (Fsp3) is 0.929. The van der Waals surface area contributed by atoms with Crippen LogP contribution in [0.15, 0.2) is 0 Å². The molecule has 0 spiro atoms. The molecule has 3 aliphatic rings. The summed E-state index contributed by atoms with van der Waals surface area (Å²) in [6, 6.07) is 0.538. The number of likely N-dealkylation sites (N-methyl/N-ethyl adjacent to an activating group) is 1. The van der Waals surface area contributed by atoms with Gasteiger partial charge in [-0.15, -0.1) is 0 Å². The van der Waals surface area contributed by atoms with E-state index in [1.807, 2.05) is 14.1 Å². The first-order valence-electron chi connectivity index (χ1n) is 6.77. The van der Waals surface area contributed by atoms with Gasteiger partial charge < -0.3 is 10.2 Å². The van der Waals surface area contributed by atoms with E-state index in [0.717, 1.165) is 11.8 Å². The topological polar surface area (TPSA) is 32.3 Å². The summed E-state index contributed by atoms with van der Waals surface area (Å²) in [6.07, 6.45) is 2.64. The van der Waals surface area contributed by atoms with Crippen molar-refractivity contribution in [1.82, 2.24) is 10.2 Å². The molecule has 17 heavy (non-hydrogen) atoms. The van der Waals surface area contributed by atoms with Crippen LogP contribution in [0.1, 0.15) is 33.6 Å². The molecule has 3 nitrogen and oxygen atoms in total. The average Bonchev–Trinajstić information content (AvgIpc) is 2.26. The standard InChI is InChI=1S/C14H26N2O/c1-9-11-6-10(14(11,2)3)7-12(9)15-8-13(17)16(4)5/h9-12,15H,6-8H2,1-5H3/t9-,10+,11-,12-/m0/s1. The molecule has 0 unspecified atom stereocenters. The molecule has 3 aliphatic carbocycles. The van der Waals surface area contributed by atoms with Crippen LogP contribution in [0, 0.1) is 23.2 Å². The van der Waals surface area contributed by atoms with Crippen molar-refractivity contribution in [2.45, 2.75) is 39.7 Å². The summed E-state index contributed by atoms with van der Waals surface area (Å²) >= 11 is 0. The Balaban J connectivity index is 1.87. The lowest BCUT2D eigenvalue weighted by Gasteiger charge is -2.62. The highest BCUT2D eigenvalue weighted by Gasteiger charge is 2.55. The van der Waals surface area contributed by atoms with Crippen molar-refractivity contribution >= 4 is 5.91 Å². The number of hydrogen-bond acceptors (Lipinski definition) is 2. The van der Waals surface area contributed by atoms with Crippen LogP contribution in [0.25, 0.3) is 0 Å². The van der Waals surface area contributed by atoms with Gasteiger partial charge in [0, 0.05) is 20.1 Å². The molecule has 0 radical (unpaired) electrons. The second-order valence-corrected chi connectivity index (χ2v) is 6.73. The highest BCUT2D eigenvalue weighted by atomic mass is 16.2. The molecule has 1 N–H and O–H groups in total. The van der Waals surface area contributed by atoms with Crippen molar-refractivity contribution in [2.75, 3.05) is 20.6 Å². The summed E-state index contributed by atoms with van der Waals surface area (Å²) in [6.45, 7) is 7.65. The molecule has 2 bridgehead atoms. The number of amides is 1. The first-order valence-corrected chi connectivity index (χ1v) is 6.77. The molecule has 0 aromatic carbocycles. The molecule has 0 aromatic rings. The Morgan fingerprint density at radius 1 is 1.35 bits per heavy atom. The zero-order valence-corrected chi connectivity index (χ0v) is 11.8. The molecule has 3 heteroatoms. The van der Waals surface area contributed by atoms with Crippen LogP contribution in [0.2, 0.25) is 0 Å². The molecule has 98 valence electrons. The third kappa shape index (κ3) is 2.10. The zero-order valence-electron chi connectivity index (χ0n) is 11.8. The lowest BCUT2D eigenvalue weighted by Crippen LogP contribution is -2.60. The fourth-order valence-corrected chi connectivity index (χ4v) is 3.80. The van der Waals surface area contributed by atoms with Crippen LogP contribution < -0.4 is 5.32 Å². The third-order valence-electron chi connectivity index (χ3n) is 5.37. The Labute approximate surface area is 105 Å². The SMILES string of the molecule is C[C@@H]1[C@@H](NCC(=O)N(C)C)C[C@H]2C[C@@H]1C2(C)C. The van der Waals surface area contributed by atoms with E-state index < -0.39 is 0 Å². The second kappa shape index (κ2) is 4.27. The first-order chi connectivity index (χ1) is 7.84. The van der Waals surface area contributed by atoms with E-state index in [9.17, 15) is 4.79 Å². The number of nitrogens with zero attached hydrogens (tertiary/aromatic N) is 1. The number of rotatable bonds is 3. The number of carbonyl (C=O) groups is 1. The maximum atomic E-state index is 11.6. The first kappa shape index (κ1) is 12.9. The van der Waals surface area contributed by atoms with Crippen molar-refractivity contribution in [3.8, 4) is 0 Å². The predicted octanol–water partition coefficient (Wildman–Crippen LogP) is 1.73. The molecule has 3 rings (SSSR count). The minimum atomic E-state index is 0.177. The van der Waals surface area contributed by atoms with Crippen LogP contribution in [-0.2, 0) is 4.79 Å². The predicted molar refractivity (Wildman–Crippen MR) is 69.6 cm³/mol. The Kier molecular flexibility index (Phi) is 3.23. The number of hydrogen-bond donors (Lipinski definition) is 1. The minimum Gasteiger partial charge on any atom is -0.348 e. The summed E-state index contributed by atoms with van der Waals surface area (Å²) in [5, 5.41) is 3.46. The van der Waals surface area contributed by atoms with Crippen LogP contribution in [0.4, 0.5) is 0 Å². The summed E-state index contributed by atoms with van der Waals surface area (Å²) in [4.78, 5) is 13.2. The van der Waals surface area contributed by atoms with Crippen molar-refractivity contribution in [3.63, 3.8) is 0 Å². The maximum Gasteiger partial charge on any atom is 0.236 e. The van der Waals surface area contributed by atoms with Gasteiger partial charge in [-0.3, -0.25) is 4.79 Å². The normalized spacial score (nSPS) is 38.4. The number of nitrogens with one attached hydrogen (secondary N) is 1. The molecule has 0 saturated heterocycles. The maximum absolute atomic E-state index is 11.6. The summed E-state index contributed by atoms with van der Waals surface area (Å²) in [5.74, 6) is 2.57. The largest absolute Gasteiger partial charge is 0.348 e. The molecule has 0 heterocycles. The molecule has 0 aromatic heterocycles. The van der Waals surface area contributed by atoms with Crippen molar-refractivity contribution in [3.05, 3.63) is 0 Å². The van der Waals surface area contributed by atoms with Gasteiger partial charge in [0.1, 0.15) is 0 Å². The van der Waals surface area contributed by atoms with Gasteiger partial charge in [-0.1, -0.05) is 20.8 Å². The van der Waals surface area contributed by atoms with E-state index in [0.29, 0.717) is 23.9 Å². The van der Waals surface area contributed by atoms with Gasteiger partial charge in [0.15, 0.2) is 0 Å². The van der Waals surface area contributed by atoms with E-state index in [4.69, 9.17) is 0 Å². The van der Waals surface area contributed by atoms with Gasteiger partial charge in [-0.05, 0) is 36.0 Å². The third-order valence-corrected chi connectivity index (χ3v) is 5.37. The Bertz CT molecular complexity index is 311. The second-order valence-electron chi connectivity index (χ2n) is 6.73. The van der Waals surface area contributed by atoms with Crippen LogP contribution >= 0.6 is 0 Å². The minimum absolute atomic E-state index is 0.177. The van der Waals surface area contributed by atoms with Crippen LogP contribution in [-0.4, -0.2) is 37.5 Å². The van der Waals surface area contributed by atoms with Crippen LogP contribution in [0.5, 0.6) is 0 Å². The number of fused-ring (bicyclic) bond motifs is 2. The van der Waals surface area contributed by atoms with E-state index in [-0.39, 0.29) is 5.91 Å². The van der Waals surface area contributed by atoms with Gasteiger partial charge in [0.05, 0.1) is 6.54 Å². The molecular weight excluding hydrogens is 212 g/mol. The average molecular weight is 238 g/mol. The van der Waals surface area contributed by atoms with E-state index >= 15 is 0 Å². The van der Waals surface area contributed by atoms with E-state index in [1.165, 1.54) is 12.8 Å². The van der Waals surface area contributed by atoms with Crippen molar-refractivity contribution < 1.29 is 4.79 Å². The molecule has 3 saturated carbocycles. The molecular formula is C14H26N2O. The highest BCUT2D eigenvalue weighted by molar-refractivity contribution is 5.77. The summed E-state index contributed by atoms with van der Waals surface area (Å²) < 4.78 is 0. The quantitative estimate of drug-likeness (QED) is 0.812.